The molecule has 1 aliphatic heterocycles. The van der Waals surface area contributed by atoms with Crippen LogP contribution < -0.4 is 0 Å². The SMILES string of the molecule is C=C(C)C(=O)OCCN1CCN=C1C(C)(C)C.C=C(C)COC(=O)c1ccccc1CSC.C=CC(O)C(C)(C)C#N.C=CCC(C)(C)C#N. The van der Waals surface area contributed by atoms with Gasteiger partial charge in [-0.25, -0.2) is 9.59 Å². The van der Waals surface area contributed by atoms with Gasteiger partial charge in [-0.15, -0.1) is 13.2 Å². The number of aliphatic imine (C=N–C) groups is 1. The molecule has 0 amide bonds. The summed E-state index contributed by atoms with van der Waals surface area (Å²) in [6, 6.07) is 11.7. The number of carbonyl (C=O) groups is 2. The summed E-state index contributed by atoms with van der Waals surface area (Å²) in [6.07, 6.45) is 5.17. The van der Waals surface area contributed by atoms with Crippen LogP contribution >= 0.6 is 11.8 Å². The van der Waals surface area contributed by atoms with Crippen molar-refractivity contribution in [3.63, 3.8) is 0 Å². The molecule has 276 valence electrons. The largest absolute Gasteiger partial charge is 0.460 e. The zero-order valence-corrected chi connectivity index (χ0v) is 32.9. The lowest BCUT2D eigenvalue weighted by Gasteiger charge is -2.28. The number of hydrogen-bond donors (Lipinski definition) is 1. The van der Waals surface area contributed by atoms with Crippen LogP contribution in [0.2, 0.25) is 0 Å². The number of hydrogen-bond acceptors (Lipinski definition) is 10. The zero-order chi connectivity index (χ0) is 39.1. The van der Waals surface area contributed by atoms with E-state index in [9.17, 15) is 9.59 Å². The number of allylic oxidation sites excluding steroid dienone is 1. The topological polar surface area (TPSA) is 136 Å². The van der Waals surface area contributed by atoms with E-state index in [0.29, 0.717) is 24.3 Å². The molecule has 0 bridgehead atoms. The monoisotopic (exact) mass is 708 g/mol. The smallest absolute Gasteiger partial charge is 0.338 e. The molecule has 50 heavy (non-hydrogen) atoms. The summed E-state index contributed by atoms with van der Waals surface area (Å²) in [5.74, 6) is 1.33. The van der Waals surface area contributed by atoms with E-state index < -0.39 is 11.5 Å². The van der Waals surface area contributed by atoms with Crippen LogP contribution in [0.25, 0.3) is 0 Å². The molecule has 1 aromatic carbocycles. The third-order valence-corrected chi connectivity index (χ3v) is 7.34. The van der Waals surface area contributed by atoms with Crippen molar-refractivity contribution in [2.24, 2.45) is 21.2 Å². The molecule has 1 aromatic rings. The number of thioether (sulfide) groups is 1. The molecule has 0 spiro atoms. The predicted molar refractivity (Wildman–Crippen MR) is 208 cm³/mol. The average Bonchev–Trinajstić information content (AvgIpc) is 3.54. The number of aliphatic hydroxyl groups is 1. The van der Waals surface area contributed by atoms with Gasteiger partial charge >= 0.3 is 11.9 Å². The fraction of sp³-hybridized carbons (Fsp3) is 0.525. The molecule has 0 saturated heterocycles. The van der Waals surface area contributed by atoms with Gasteiger partial charge in [0.1, 0.15) is 19.0 Å². The Bertz CT molecular complexity index is 1390. The van der Waals surface area contributed by atoms with Crippen molar-refractivity contribution in [2.45, 2.75) is 80.6 Å². The van der Waals surface area contributed by atoms with Gasteiger partial charge in [0.25, 0.3) is 0 Å². The van der Waals surface area contributed by atoms with Crippen molar-refractivity contribution in [3.8, 4) is 12.1 Å². The standard InChI is InChI=1S/C13H22N2O2.C13H16O2S.C7H11NO.C7H11N/c1-10(2)11(16)17-9-8-15-7-6-14-12(15)13(3,4)5;1-10(2)8-15-13(14)12-7-5-4-6-11(12)9-16-3;1-4-6(9)7(2,3)5-8;1-4-5-7(2,3)6-8/h1,6-9H2,2-5H3;4-7H,1,8-9H2,2-3H3;4,6,9H,1H2,2-3H3;4H,1,5H2,2-3H3. The number of amidine groups is 1. The number of aliphatic hydroxyl groups excluding tert-OH is 1. The Hall–Kier alpha value is -4.12. The molecule has 0 aromatic heterocycles. The molecule has 0 fully saturated rings. The van der Waals surface area contributed by atoms with E-state index in [1.807, 2.05) is 51.3 Å². The van der Waals surface area contributed by atoms with Gasteiger partial charge in [0.05, 0.1) is 47.7 Å². The Balaban J connectivity index is 0. The maximum atomic E-state index is 11.8. The Labute approximate surface area is 306 Å². The van der Waals surface area contributed by atoms with Crippen LogP contribution in [-0.4, -0.2) is 73.0 Å². The number of esters is 2. The lowest BCUT2D eigenvalue weighted by molar-refractivity contribution is -0.139. The Morgan fingerprint density at radius 3 is 2.08 bits per heavy atom. The first-order valence-corrected chi connectivity index (χ1v) is 17.8. The van der Waals surface area contributed by atoms with Crippen molar-refractivity contribution in [1.82, 2.24) is 4.90 Å². The van der Waals surface area contributed by atoms with Gasteiger partial charge in [-0.2, -0.15) is 22.3 Å². The number of nitrogens with zero attached hydrogens (tertiary/aromatic N) is 4. The van der Waals surface area contributed by atoms with Crippen LogP contribution in [0.4, 0.5) is 0 Å². The second-order valence-corrected chi connectivity index (χ2v) is 14.9. The summed E-state index contributed by atoms with van der Waals surface area (Å²) < 4.78 is 10.2. The highest BCUT2D eigenvalue weighted by Crippen LogP contribution is 2.22. The van der Waals surface area contributed by atoms with Gasteiger partial charge in [-0.3, -0.25) is 4.99 Å². The van der Waals surface area contributed by atoms with Crippen LogP contribution in [0.1, 0.15) is 84.7 Å². The summed E-state index contributed by atoms with van der Waals surface area (Å²) in [5.41, 5.74) is 2.07. The summed E-state index contributed by atoms with van der Waals surface area (Å²) in [5, 5.41) is 25.9. The van der Waals surface area contributed by atoms with Crippen LogP contribution in [0.5, 0.6) is 0 Å². The first-order chi connectivity index (χ1) is 23.1. The summed E-state index contributed by atoms with van der Waals surface area (Å²) in [6.45, 7) is 34.3. The molecule has 1 aliphatic rings. The van der Waals surface area contributed by atoms with E-state index in [1.54, 1.807) is 44.7 Å². The Morgan fingerprint density at radius 2 is 1.66 bits per heavy atom. The molecule has 1 N–H and O–H groups in total. The van der Waals surface area contributed by atoms with E-state index in [2.05, 4.69) is 63.0 Å². The number of ether oxygens (including phenoxy) is 2. The first kappa shape index (κ1) is 48.0. The molecular formula is C40H60N4O5S. The quantitative estimate of drug-likeness (QED) is 0.122. The van der Waals surface area contributed by atoms with Gasteiger partial charge in [0, 0.05) is 23.3 Å². The van der Waals surface area contributed by atoms with E-state index in [-0.39, 0.29) is 29.4 Å². The molecule has 1 heterocycles. The second-order valence-electron chi connectivity index (χ2n) is 14.0. The molecule has 9 nitrogen and oxygen atoms in total. The van der Waals surface area contributed by atoms with Crippen LogP contribution in [-0.2, 0) is 20.0 Å². The van der Waals surface area contributed by atoms with Crippen LogP contribution in [0.15, 0.2) is 78.9 Å². The highest BCUT2D eigenvalue weighted by atomic mass is 32.2. The second kappa shape index (κ2) is 24.1. The third kappa shape index (κ3) is 20.4. The lowest BCUT2D eigenvalue weighted by atomic mass is 9.89. The maximum Gasteiger partial charge on any atom is 0.338 e. The van der Waals surface area contributed by atoms with Crippen LogP contribution in [0.3, 0.4) is 0 Å². The van der Waals surface area contributed by atoms with E-state index in [1.165, 1.54) is 6.08 Å². The Morgan fingerprint density at radius 1 is 1.06 bits per heavy atom. The Kier molecular flexibility index (Phi) is 23.1. The predicted octanol–water partition coefficient (Wildman–Crippen LogP) is 8.34. The van der Waals surface area contributed by atoms with Crippen LogP contribution in [0, 0.1) is 38.9 Å². The molecule has 1 unspecified atom stereocenters. The molecular weight excluding hydrogens is 649 g/mol. The van der Waals surface area contributed by atoms with Crippen molar-refractivity contribution < 1.29 is 24.2 Å². The third-order valence-electron chi connectivity index (χ3n) is 6.74. The van der Waals surface area contributed by atoms with E-state index in [4.69, 9.17) is 25.1 Å². The van der Waals surface area contributed by atoms with E-state index in [0.717, 1.165) is 42.2 Å². The van der Waals surface area contributed by atoms with E-state index >= 15 is 0 Å². The minimum absolute atomic E-state index is 0.0505. The molecule has 1 atom stereocenters. The molecule has 0 saturated carbocycles. The molecule has 0 aliphatic carbocycles. The highest BCUT2D eigenvalue weighted by Gasteiger charge is 2.28. The first-order valence-electron chi connectivity index (χ1n) is 16.4. The fourth-order valence-electron chi connectivity index (χ4n) is 3.82. The average molecular weight is 709 g/mol. The summed E-state index contributed by atoms with van der Waals surface area (Å²) in [4.78, 5) is 29.7. The van der Waals surface area contributed by atoms with Crippen molar-refractivity contribution in [3.05, 3.63) is 85.0 Å². The highest BCUT2D eigenvalue weighted by molar-refractivity contribution is 7.97. The van der Waals surface area contributed by atoms with Gasteiger partial charge in [0.2, 0.25) is 0 Å². The van der Waals surface area contributed by atoms with Gasteiger partial charge in [-0.05, 0) is 71.4 Å². The number of rotatable bonds is 13. The fourth-order valence-corrected chi connectivity index (χ4v) is 4.38. The molecule has 0 radical (unpaired) electrons. The zero-order valence-electron chi connectivity index (χ0n) is 32.1. The van der Waals surface area contributed by atoms with Crippen molar-refractivity contribution in [2.75, 3.05) is 39.1 Å². The lowest BCUT2D eigenvalue weighted by Crippen LogP contribution is -2.38. The summed E-state index contributed by atoms with van der Waals surface area (Å²) >= 11 is 1.69. The molecule has 10 heteroatoms. The van der Waals surface area contributed by atoms with Crippen molar-refractivity contribution in [1.29, 1.82) is 10.5 Å². The maximum absolute atomic E-state index is 11.8. The van der Waals surface area contributed by atoms with Gasteiger partial charge in [0.15, 0.2) is 0 Å². The van der Waals surface area contributed by atoms with Gasteiger partial charge < -0.3 is 19.5 Å². The normalized spacial score (nSPS) is 12.7. The minimum Gasteiger partial charge on any atom is -0.460 e. The number of carbonyl (C=O) groups excluding carboxylic acids is 2. The molecule has 2 rings (SSSR count). The van der Waals surface area contributed by atoms with Gasteiger partial charge in [-0.1, -0.05) is 64.3 Å². The van der Waals surface area contributed by atoms with Crippen molar-refractivity contribution >= 4 is 29.5 Å². The number of benzene rings is 1. The number of nitriles is 2. The minimum atomic E-state index is -0.734. The summed E-state index contributed by atoms with van der Waals surface area (Å²) in [7, 11) is 0.